The summed E-state index contributed by atoms with van der Waals surface area (Å²) < 4.78 is 0. The van der Waals surface area contributed by atoms with Crippen molar-refractivity contribution in [2.24, 2.45) is 0 Å². The van der Waals surface area contributed by atoms with Crippen molar-refractivity contribution in [2.75, 3.05) is 13.1 Å². The molecule has 2 aliphatic rings. The van der Waals surface area contributed by atoms with Crippen molar-refractivity contribution < 1.29 is 19.6 Å². The van der Waals surface area contributed by atoms with E-state index in [1.165, 1.54) is 11.1 Å². The molecule has 0 spiro atoms. The number of rotatable bonds is 3. The van der Waals surface area contributed by atoms with Crippen LogP contribution in [-0.4, -0.2) is 37.0 Å². The highest BCUT2D eigenvalue weighted by Crippen LogP contribution is 2.20. The molecule has 1 unspecified atom stereocenters. The van der Waals surface area contributed by atoms with Crippen LogP contribution in [0.15, 0.2) is 24.3 Å². The molecule has 1 heterocycles. The van der Waals surface area contributed by atoms with Crippen LogP contribution in [0.5, 0.6) is 0 Å². The van der Waals surface area contributed by atoms with Crippen molar-refractivity contribution in [3.05, 3.63) is 35.4 Å². The lowest BCUT2D eigenvalue weighted by Gasteiger charge is -2.36. The molecular weight excluding hydrogens is 256 g/mol. The minimum Gasteiger partial charge on any atom is -0.550 e. The van der Waals surface area contributed by atoms with Gasteiger partial charge < -0.3 is 20.1 Å². The van der Waals surface area contributed by atoms with Crippen LogP contribution in [0.25, 0.3) is 0 Å². The SMILES string of the molecule is O=C([O-])C[C@H]1C(=O)NCC[NH+]1C1Cc2ccccc2C1. The Hall–Kier alpha value is -1.88. The zero-order chi connectivity index (χ0) is 14.1. The van der Waals surface area contributed by atoms with Gasteiger partial charge >= 0.3 is 0 Å². The van der Waals surface area contributed by atoms with Gasteiger partial charge in [0.15, 0.2) is 6.04 Å². The third-order valence-corrected chi connectivity index (χ3v) is 4.42. The van der Waals surface area contributed by atoms with E-state index in [4.69, 9.17) is 0 Å². The number of piperazine rings is 1. The molecule has 1 aliphatic heterocycles. The summed E-state index contributed by atoms with van der Waals surface area (Å²) in [6, 6.07) is 8.06. The molecule has 20 heavy (non-hydrogen) atoms. The number of hydrogen-bond acceptors (Lipinski definition) is 3. The van der Waals surface area contributed by atoms with E-state index in [2.05, 4.69) is 17.4 Å². The molecule has 5 nitrogen and oxygen atoms in total. The molecule has 1 saturated heterocycles. The van der Waals surface area contributed by atoms with Crippen molar-refractivity contribution in [1.82, 2.24) is 5.32 Å². The van der Waals surface area contributed by atoms with E-state index in [0.29, 0.717) is 12.6 Å². The van der Waals surface area contributed by atoms with E-state index in [9.17, 15) is 14.7 Å². The van der Waals surface area contributed by atoms with E-state index >= 15 is 0 Å². The second-order valence-electron chi connectivity index (χ2n) is 5.62. The monoisotopic (exact) mass is 274 g/mol. The first-order valence-electron chi connectivity index (χ1n) is 7.05. The number of fused-ring (bicyclic) bond motifs is 1. The predicted molar refractivity (Wildman–Crippen MR) is 69.9 cm³/mol. The van der Waals surface area contributed by atoms with Crippen LogP contribution >= 0.6 is 0 Å². The first-order valence-corrected chi connectivity index (χ1v) is 7.05. The van der Waals surface area contributed by atoms with Gasteiger partial charge in [-0.05, 0) is 11.1 Å². The van der Waals surface area contributed by atoms with Gasteiger partial charge in [0.25, 0.3) is 5.91 Å². The minimum atomic E-state index is -1.15. The average molecular weight is 274 g/mol. The summed E-state index contributed by atoms with van der Waals surface area (Å²) in [4.78, 5) is 23.9. The summed E-state index contributed by atoms with van der Waals surface area (Å²) in [5.41, 5.74) is 2.64. The quantitative estimate of drug-likeness (QED) is 0.650. The van der Waals surface area contributed by atoms with E-state index in [1.54, 1.807) is 0 Å². The number of carbonyl (C=O) groups is 2. The third-order valence-electron chi connectivity index (χ3n) is 4.42. The Bertz CT molecular complexity index is 519. The fourth-order valence-corrected chi connectivity index (χ4v) is 3.50. The number of carboxylic acid groups (broad SMARTS) is 1. The number of amides is 1. The van der Waals surface area contributed by atoms with Gasteiger partial charge in [0.2, 0.25) is 0 Å². The third kappa shape index (κ3) is 2.41. The van der Waals surface area contributed by atoms with Gasteiger partial charge in [0.1, 0.15) is 0 Å². The average Bonchev–Trinajstić information content (AvgIpc) is 2.84. The Morgan fingerprint density at radius 1 is 1.30 bits per heavy atom. The largest absolute Gasteiger partial charge is 0.550 e. The minimum absolute atomic E-state index is 0.161. The Balaban J connectivity index is 1.78. The highest BCUT2D eigenvalue weighted by atomic mass is 16.4. The standard InChI is InChI=1S/C15H18N2O3/c18-14(19)9-13-15(20)16-5-6-17(13)12-7-10-3-1-2-4-11(10)8-12/h1-4,12-13H,5-9H2,(H,16,20)(H,18,19)/t13-/m0/s1. The summed E-state index contributed by atoms with van der Waals surface area (Å²) in [6.07, 6.45) is 1.64. The molecule has 5 heteroatoms. The Kier molecular flexibility index (Phi) is 3.44. The number of aliphatic carboxylic acids is 1. The van der Waals surface area contributed by atoms with Gasteiger partial charge in [-0.3, -0.25) is 4.79 Å². The number of benzene rings is 1. The molecule has 2 atom stereocenters. The first-order chi connectivity index (χ1) is 9.65. The fraction of sp³-hybridized carbons (Fsp3) is 0.467. The number of carboxylic acids is 1. The first kappa shape index (κ1) is 13.1. The molecule has 1 aromatic rings. The van der Waals surface area contributed by atoms with Gasteiger partial charge in [-0.2, -0.15) is 0 Å². The van der Waals surface area contributed by atoms with Crippen molar-refractivity contribution in [3.8, 4) is 0 Å². The molecule has 106 valence electrons. The maximum atomic E-state index is 11.9. The molecule has 3 rings (SSSR count). The van der Waals surface area contributed by atoms with Crippen molar-refractivity contribution in [2.45, 2.75) is 31.3 Å². The molecule has 1 amide bonds. The molecule has 0 saturated carbocycles. The zero-order valence-corrected chi connectivity index (χ0v) is 11.2. The summed E-state index contributed by atoms with van der Waals surface area (Å²) in [7, 11) is 0. The molecule has 0 aromatic heterocycles. The topological polar surface area (TPSA) is 73.7 Å². The lowest BCUT2D eigenvalue weighted by Crippen LogP contribution is -3.22. The van der Waals surface area contributed by atoms with Crippen molar-refractivity contribution in [3.63, 3.8) is 0 Å². The Morgan fingerprint density at radius 3 is 2.55 bits per heavy atom. The summed E-state index contributed by atoms with van der Waals surface area (Å²) in [5.74, 6) is -1.31. The van der Waals surface area contributed by atoms with E-state index < -0.39 is 12.0 Å². The predicted octanol–water partition coefficient (Wildman–Crippen LogP) is -2.32. The molecule has 0 bridgehead atoms. The fourth-order valence-electron chi connectivity index (χ4n) is 3.50. The van der Waals surface area contributed by atoms with E-state index in [0.717, 1.165) is 24.3 Å². The van der Waals surface area contributed by atoms with Gasteiger partial charge in [0, 0.05) is 25.2 Å². The molecule has 1 fully saturated rings. The lowest BCUT2D eigenvalue weighted by atomic mass is 10.0. The highest BCUT2D eigenvalue weighted by molar-refractivity contribution is 5.84. The summed E-state index contributed by atoms with van der Waals surface area (Å²) in [5, 5.41) is 13.6. The second kappa shape index (κ2) is 5.25. The number of carbonyl (C=O) groups excluding carboxylic acids is 2. The molecular formula is C15H18N2O3. The smallest absolute Gasteiger partial charge is 0.278 e. The van der Waals surface area contributed by atoms with Gasteiger partial charge in [-0.25, -0.2) is 0 Å². The van der Waals surface area contributed by atoms with Crippen LogP contribution in [0.2, 0.25) is 0 Å². The highest BCUT2D eigenvalue weighted by Gasteiger charge is 2.40. The van der Waals surface area contributed by atoms with E-state index in [1.807, 2.05) is 12.1 Å². The van der Waals surface area contributed by atoms with Crippen LogP contribution < -0.4 is 15.3 Å². The zero-order valence-electron chi connectivity index (χ0n) is 11.2. The van der Waals surface area contributed by atoms with Crippen LogP contribution in [0, 0.1) is 0 Å². The van der Waals surface area contributed by atoms with Gasteiger partial charge in [0.05, 0.1) is 19.1 Å². The number of nitrogens with one attached hydrogen (secondary N) is 2. The van der Waals surface area contributed by atoms with Crippen LogP contribution in [0.4, 0.5) is 0 Å². The van der Waals surface area contributed by atoms with E-state index in [-0.39, 0.29) is 12.3 Å². The maximum Gasteiger partial charge on any atom is 0.278 e. The number of hydrogen-bond donors (Lipinski definition) is 2. The van der Waals surface area contributed by atoms with Crippen LogP contribution in [-0.2, 0) is 22.4 Å². The van der Waals surface area contributed by atoms with Crippen molar-refractivity contribution in [1.29, 1.82) is 0 Å². The van der Waals surface area contributed by atoms with Crippen LogP contribution in [0.1, 0.15) is 17.5 Å². The molecule has 1 aromatic carbocycles. The van der Waals surface area contributed by atoms with Crippen LogP contribution in [0.3, 0.4) is 0 Å². The number of quaternary nitrogens is 1. The summed E-state index contributed by atoms with van der Waals surface area (Å²) in [6.45, 7) is 1.40. The molecule has 2 N–H and O–H groups in total. The second-order valence-corrected chi connectivity index (χ2v) is 5.62. The molecule has 1 aliphatic carbocycles. The Labute approximate surface area is 117 Å². The normalized spacial score (nSPS) is 26.1. The van der Waals surface area contributed by atoms with Gasteiger partial charge in [-0.15, -0.1) is 0 Å². The maximum absolute atomic E-state index is 11.9. The van der Waals surface area contributed by atoms with Crippen molar-refractivity contribution >= 4 is 11.9 Å². The summed E-state index contributed by atoms with van der Waals surface area (Å²) >= 11 is 0. The van der Waals surface area contributed by atoms with Gasteiger partial charge in [-0.1, -0.05) is 24.3 Å². The Morgan fingerprint density at radius 2 is 1.95 bits per heavy atom. The lowest BCUT2D eigenvalue weighted by molar-refractivity contribution is -0.941. The molecule has 0 radical (unpaired) electrons.